The molecule has 3 atom stereocenters. The molecule has 1 unspecified atom stereocenters. The molecule has 2 aliphatic rings. The van der Waals surface area contributed by atoms with Gasteiger partial charge in [-0.25, -0.2) is 0 Å². The number of amides is 3. The van der Waals surface area contributed by atoms with Crippen molar-refractivity contribution in [1.29, 1.82) is 0 Å². The Morgan fingerprint density at radius 2 is 1.53 bits per heavy atom. The van der Waals surface area contributed by atoms with Crippen molar-refractivity contribution < 1.29 is 24.3 Å². The van der Waals surface area contributed by atoms with E-state index in [0.29, 0.717) is 31.5 Å². The summed E-state index contributed by atoms with van der Waals surface area (Å²) in [6, 6.07) is -0.964. The quantitative estimate of drug-likeness (QED) is 0.417. The Labute approximate surface area is 229 Å². The lowest BCUT2D eigenvalue weighted by Gasteiger charge is -2.39. The fourth-order valence-corrected chi connectivity index (χ4v) is 5.64. The van der Waals surface area contributed by atoms with Gasteiger partial charge in [0.1, 0.15) is 6.04 Å². The topological polar surface area (TPSA) is 110 Å². The van der Waals surface area contributed by atoms with Crippen molar-refractivity contribution in [2.24, 2.45) is 17.8 Å². The third-order valence-electron chi connectivity index (χ3n) is 8.11. The summed E-state index contributed by atoms with van der Waals surface area (Å²) in [5.41, 5.74) is 0.539. The number of piperidine rings is 2. The largest absolute Gasteiger partial charge is 0.481 e. The number of carboxylic acids is 1. The van der Waals surface area contributed by atoms with E-state index in [1.807, 2.05) is 33.8 Å². The van der Waals surface area contributed by atoms with Gasteiger partial charge in [-0.05, 0) is 64.8 Å². The second kappa shape index (κ2) is 14.1. The maximum atomic E-state index is 13.7. The summed E-state index contributed by atoms with van der Waals surface area (Å²) in [5, 5.41) is 12.3. The molecule has 2 saturated heterocycles. The van der Waals surface area contributed by atoms with E-state index < -0.39 is 17.9 Å². The number of aliphatic carboxylic acids is 1. The van der Waals surface area contributed by atoms with E-state index in [2.05, 4.69) is 24.1 Å². The number of hydrogen-bond acceptors (Lipinski definition) is 5. The minimum atomic E-state index is -0.809. The van der Waals surface area contributed by atoms with Gasteiger partial charge in [-0.1, -0.05) is 40.2 Å². The lowest BCUT2D eigenvalue weighted by Crippen LogP contribution is -2.58. The zero-order chi connectivity index (χ0) is 28.7. The zero-order valence-corrected chi connectivity index (χ0v) is 24.7. The molecule has 2 aliphatic heterocycles. The predicted octanol–water partition coefficient (Wildman–Crippen LogP) is 3.14. The molecular formula is C29H50N4O5. The van der Waals surface area contributed by atoms with Crippen LogP contribution in [0.1, 0.15) is 80.6 Å². The average Bonchev–Trinajstić information content (AvgIpc) is 2.88. The van der Waals surface area contributed by atoms with Crippen LogP contribution in [0.2, 0.25) is 0 Å². The molecule has 2 rings (SSSR count). The first kappa shape index (κ1) is 31.8. The fourth-order valence-electron chi connectivity index (χ4n) is 5.64. The Balaban J connectivity index is 2.15. The van der Waals surface area contributed by atoms with E-state index in [1.54, 1.807) is 23.8 Å². The van der Waals surface area contributed by atoms with Gasteiger partial charge in [0.25, 0.3) is 0 Å². The molecular weight excluding hydrogens is 484 g/mol. The Kier molecular flexibility index (Phi) is 11.8. The number of likely N-dealkylation sites (N-methyl/N-ethyl adjacent to an activating group) is 1. The van der Waals surface area contributed by atoms with Crippen LogP contribution >= 0.6 is 0 Å². The van der Waals surface area contributed by atoms with Gasteiger partial charge in [-0.2, -0.15) is 0 Å². The Bertz CT molecular complexity index is 876. The van der Waals surface area contributed by atoms with Gasteiger partial charge in [0, 0.05) is 31.8 Å². The van der Waals surface area contributed by atoms with Crippen LogP contribution in [-0.2, 0) is 19.2 Å². The van der Waals surface area contributed by atoms with E-state index in [0.717, 1.165) is 25.8 Å². The first-order valence-corrected chi connectivity index (χ1v) is 14.3. The SMILES string of the molecule is C/C(=C\[C@H](C(C)C)N(C)C(=O)C(NC(=O)[C@H]1CCCCN1C(C)C)C(C)C)C(=O)N1CCC(C(=O)O)CC1. The van der Waals surface area contributed by atoms with Crippen LogP contribution in [0.15, 0.2) is 11.6 Å². The summed E-state index contributed by atoms with van der Waals surface area (Å²) in [6.07, 6.45) is 5.62. The number of nitrogens with one attached hydrogen (secondary N) is 1. The molecule has 2 heterocycles. The number of likely N-dealkylation sites (tertiary alicyclic amines) is 2. The number of hydrogen-bond donors (Lipinski definition) is 2. The molecule has 0 radical (unpaired) electrons. The van der Waals surface area contributed by atoms with Gasteiger partial charge in [0.2, 0.25) is 17.7 Å². The highest BCUT2D eigenvalue weighted by Gasteiger charge is 2.36. The molecule has 38 heavy (non-hydrogen) atoms. The molecule has 0 aromatic heterocycles. The standard InChI is InChI=1S/C29H50N4O5/c1-18(2)24(17-21(7)27(35)32-15-12-22(13-16-32)29(37)38)31(8)28(36)25(19(3)4)30-26(34)23-11-9-10-14-33(23)20(5)6/h17-20,22-25H,9-16H2,1-8H3,(H,30,34)(H,37,38)/b21-17+/t23-,24-,25?/m1/s1. The summed E-state index contributed by atoms with van der Waals surface area (Å²) >= 11 is 0. The smallest absolute Gasteiger partial charge is 0.306 e. The van der Waals surface area contributed by atoms with E-state index in [4.69, 9.17) is 0 Å². The lowest BCUT2D eigenvalue weighted by molar-refractivity contribution is -0.145. The maximum Gasteiger partial charge on any atom is 0.306 e. The van der Waals surface area contributed by atoms with Gasteiger partial charge in [-0.15, -0.1) is 0 Å². The molecule has 2 N–H and O–H groups in total. The second-order valence-electron chi connectivity index (χ2n) is 12.0. The van der Waals surface area contributed by atoms with Crippen molar-refractivity contribution in [3.8, 4) is 0 Å². The third-order valence-corrected chi connectivity index (χ3v) is 8.11. The summed E-state index contributed by atoms with van der Waals surface area (Å²) in [6.45, 7) is 15.6. The van der Waals surface area contributed by atoms with Crippen LogP contribution in [0.25, 0.3) is 0 Å². The van der Waals surface area contributed by atoms with Gasteiger partial charge < -0.3 is 20.2 Å². The monoisotopic (exact) mass is 534 g/mol. The van der Waals surface area contributed by atoms with Crippen molar-refractivity contribution in [3.63, 3.8) is 0 Å². The van der Waals surface area contributed by atoms with Gasteiger partial charge in [0.15, 0.2) is 0 Å². The van der Waals surface area contributed by atoms with Crippen molar-refractivity contribution in [1.82, 2.24) is 20.0 Å². The molecule has 0 aliphatic carbocycles. The Hall–Kier alpha value is -2.42. The number of carbonyl (C=O) groups excluding carboxylic acids is 3. The van der Waals surface area contributed by atoms with E-state index in [9.17, 15) is 24.3 Å². The molecule has 0 aromatic carbocycles. The lowest BCUT2D eigenvalue weighted by atomic mass is 9.94. The van der Waals surface area contributed by atoms with Crippen LogP contribution in [0.3, 0.4) is 0 Å². The molecule has 0 aromatic rings. The second-order valence-corrected chi connectivity index (χ2v) is 12.0. The van der Waals surface area contributed by atoms with Crippen LogP contribution in [-0.4, -0.2) is 94.3 Å². The highest BCUT2D eigenvalue weighted by molar-refractivity contribution is 5.93. The number of rotatable bonds is 10. The summed E-state index contributed by atoms with van der Waals surface area (Å²) < 4.78 is 0. The number of carboxylic acid groups (broad SMARTS) is 1. The van der Waals surface area contributed by atoms with E-state index in [-0.39, 0.29) is 47.7 Å². The van der Waals surface area contributed by atoms with Gasteiger partial charge in [-0.3, -0.25) is 24.1 Å². The van der Waals surface area contributed by atoms with E-state index in [1.165, 1.54) is 0 Å². The first-order valence-electron chi connectivity index (χ1n) is 14.3. The molecule has 0 spiro atoms. The molecule has 9 heteroatoms. The van der Waals surface area contributed by atoms with Crippen LogP contribution in [0, 0.1) is 17.8 Å². The van der Waals surface area contributed by atoms with E-state index >= 15 is 0 Å². The predicted molar refractivity (Wildman–Crippen MR) is 148 cm³/mol. The molecule has 2 fully saturated rings. The molecule has 9 nitrogen and oxygen atoms in total. The first-order chi connectivity index (χ1) is 17.8. The van der Waals surface area contributed by atoms with Crippen LogP contribution < -0.4 is 5.32 Å². The number of nitrogens with zero attached hydrogens (tertiary/aromatic N) is 3. The fraction of sp³-hybridized carbons (Fsp3) is 0.793. The van der Waals surface area contributed by atoms with Crippen molar-refractivity contribution in [3.05, 3.63) is 11.6 Å². The third kappa shape index (κ3) is 8.04. The van der Waals surface area contributed by atoms with Gasteiger partial charge in [0.05, 0.1) is 18.0 Å². The molecule has 216 valence electrons. The zero-order valence-electron chi connectivity index (χ0n) is 24.7. The van der Waals surface area contributed by atoms with Crippen LogP contribution in [0.4, 0.5) is 0 Å². The summed E-state index contributed by atoms with van der Waals surface area (Å²) in [7, 11) is 1.74. The molecule has 0 bridgehead atoms. The maximum absolute atomic E-state index is 13.7. The van der Waals surface area contributed by atoms with Crippen LogP contribution in [0.5, 0.6) is 0 Å². The van der Waals surface area contributed by atoms with Crippen molar-refractivity contribution >= 4 is 23.7 Å². The normalized spacial score (nSPS) is 21.5. The summed E-state index contributed by atoms with van der Waals surface area (Å²) in [5.74, 6) is -1.65. The average molecular weight is 535 g/mol. The van der Waals surface area contributed by atoms with Crippen molar-refractivity contribution in [2.75, 3.05) is 26.7 Å². The molecule has 3 amide bonds. The van der Waals surface area contributed by atoms with Gasteiger partial charge >= 0.3 is 5.97 Å². The minimum Gasteiger partial charge on any atom is -0.481 e. The highest BCUT2D eigenvalue weighted by atomic mass is 16.4. The minimum absolute atomic E-state index is 0.0442. The summed E-state index contributed by atoms with van der Waals surface area (Å²) in [4.78, 5) is 57.0. The Morgan fingerprint density at radius 3 is 2.03 bits per heavy atom. The molecule has 0 saturated carbocycles. The highest BCUT2D eigenvalue weighted by Crippen LogP contribution is 2.23. The van der Waals surface area contributed by atoms with Crippen molar-refractivity contribution in [2.45, 2.75) is 105 Å². The Morgan fingerprint density at radius 1 is 0.921 bits per heavy atom. The number of carbonyl (C=O) groups is 4.